The Morgan fingerprint density at radius 1 is 1.08 bits per heavy atom. The molecule has 0 atom stereocenters. The molecule has 25 heavy (non-hydrogen) atoms. The van der Waals surface area contributed by atoms with Gasteiger partial charge in [0, 0.05) is 35.0 Å². The highest BCUT2D eigenvalue weighted by Crippen LogP contribution is 2.42. The topological polar surface area (TPSA) is 83.8 Å². The standard InChI is InChI=1S/C20H20N4O/c1-20(2)11-23-19(25)16-15(12-6-4-3-5-7-12)17(24-18(16)20)13-8-9-22-14(21)10-13/h3-10,24H,11H2,1-2H3,(H2,21,22)(H,23,25). The molecular formula is C20H20N4O. The minimum atomic E-state index is -0.177. The molecule has 126 valence electrons. The number of carbonyl (C=O) groups is 1. The molecule has 0 fully saturated rings. The number of amides is 1. The average Bonchev–Trinajstić information content (AvgIpc) is 3.02. The smallest absolute Gasteiger partial charge is 0.253 e. The second kappa shape index (κ2) is 5.48. The number of anilines is 1. The molecule has 0 bridgehead atoms. The number of hydrogen-bond acceptors (Lipinski definition) is 3. The van der Waals surface area contributed by atoms with Crippen LogP contribution in [-0.4, -0.2) is 22.4 Å². The quantitative estimate of drug-likeness (QED) is 0.673. The maximum Gasteiger partial charge on any atom is 0.253 e. The summed E-state index contributed by atoms with van der Waals surface area (Å²) in [5, 5.41) is 3.02. The Morgan fingerprint density at radius 3 is 2.56 bits per heavy atom. The molecule has 1 aliphatic rings. The van der Waals surface area contributed by atoms with Crippen LogP contribution in [0.3, 0.4) is 0 Å². The van der Waals surface area contributed by atoms with Gasteiger partial charge in [0.2, 0.25) is 0 Å². The van der Waals surface area contributed by atoms with Gasteiger partial charge < -0.3 is 16.0 Å². The number of benzene rings is 1. The zero-order chi connectivity index (χ0) is 17.6. The number of aromatic amines is 1. The van der Waals surface area contributed by atoms with Gasteiger partial charge in [-0.3, -0.25) is 4.79 Å². The lowest BCUT2D eigenvalue weighted by atomic mass is 9.82. The van der Waals surface area contributed by atoms with Crippen molar-refractivity contribution in [1.29, 1.82) is 0 Å². The molecule has 1 aromatic carbocycles. The number of nitrogen functional groups attached to an aromatic ring is 1. The molecule has 4 N–H and O–H groups in total. The van der Waals surface area contributed by atoms with Gasteiger partial charge in [0.25, 0.3) is 5.91 Å². The molecule has 0 radical (unpaired) electrons. The molecule has 0 saturated heterocycles. The second-order valence-corrected chi connectivity index (χ2v) is 7.03. The third-order valence-electron chi connectivity index (χ3n) is 4.73. The first-order valence-corrected chi connectivity index (χ1v) is 8.29. The molecule has 0 aliphatic carbocycles. The minimum Gasteiger partial charge on any atom is -0.384 e. The number of nitrogens with zero attached hydrogens (tertiary/aromatic N) is 1. The van der Waals surface area contributed by atoms with Crippen molar-refractivity contribution >= 4 is 11.7 Å². The number of nitrogens with two attached hydrogens (primary N) is 1. The third kappa shape index (κ3) is 2.48. The van der Waals surface area contributed by atoms with E-state index in [1.54, 1.807) is 6.20 Å². The van der Waals surface area contributed by atoms with Crippen LogP contribution in [0, 0.1) is 0 Å². The first kappa shape index (κ1) is 15.4. The van der Waals surface area contributed by atoms with Gasteiger partial charge in [-0.1, -0.05) is 44.2 Å². The van der Waals surface area contributed by atoms with Gasteiger partial charge in [0.15, 0.2) is 0 Å². The van der Waals surface area contributed by atoms with Crippen LogP contribution in [-0.2, 0) is 5.41 Å². The number of rotatable bonds is 2. The predicted octanol–water partition coefficient (Wildman–Crippen LogP) is 3.35. The lowest BCUT2D eigenvalue weighted by molar-refractivity contribution is 0.0930. The lowest BCUT2D eigenvalue weighted by Crippen LogP contribution is -2.43. The number of hydrogen-bond donors (Lipinski definition) is 3. The molecule has 0 spiro atoms. The van der Waals surface area contributed by atoms with Crippen molar-refractivity contribution in [2.75, 3.05) is 12.3 Å². The molecule has 4 rings (SSSR count). The summed E-state index contributed by atoms with van der Waals surface area (Å²) in [7, 11) is 0. The Morgan fingerprint density at radius 2 is 1.84 bits per heavy atom. The fourth-order valence-corrected chi connectivity index (χ4v) is 3.43. The summed E-state index contributed by atoms with van der Waals surface area (Å²) >= 11 is 0. The summed E-state index contributed by atoms with van der Waals surface area (Å²) < 4.78 is 0. The van der Waals surface area contributed by atoms with Crippen LogP contribution in [0.1, 0.15) is 29.9 Å². The Kier molecular flexibility index (Phi) is 3.39. The minimum absolute atomic E-state index is 0.0438. The largest absolute Gasteiger partial charge is 0.384 e. The molecule has 0 saturated carbocycles. The van der Waals surface area contributed by atoms with E-state index in [9.17, 15) is 4.79 Å². The average molecular weight is 332 g/mol. The Labute approximate surface area is 146 Å². The van der Waals surface area contributed by atoms with Crippen LogP contribution >= 0.6 is 0 Å². The van der Waals surface area contributed by atoms with Crippen molar-refractivity contribution < 1.29 is 4.79 Å². The van der Waals surface area contributed by atoms with Gasteiger partial charge in [0.1, 0.15) is 5.82 Å². The van der Waals surface area contributed by atoms with E-state index in [1.807, 2.05) is 42.5 Å². The number of aromatic nitrogens is 2. The Hall–Kier alpha value is -3.08. The van der Waals surface area contributed by atoms with Crippen molar-refractivity contribution in [3.05, 3.63) is 59.9 Å². The number of H-pyrrole nitrogens is 1. The van der Waals surface area contributed by atoms with E-state index < -0.39 is 0 Å². The van der Waals surface area contributed by atoms with Crippen LogP contribution in [0.4, 0.5) is 5.82 Å². The highest BCUT2D eigenvalue weighted by molar-refractivity contribution is 6.07. The summed E-state index contributed by atoms with van der Waals surface area (Å²) in [6.45, 7) is 4.86. The Balaban J connectivity index is 2.06. The van der Waals surface area contributed by atoms with Crippen LogP contribution in [0.15, 0.2) is 48.7 Å². The van der Waals surface area contributed by atoms with Crippen LogP contribution < -0.4 is 11.1 Å². The highest BCUT2D eigenvalue weighted by Gasteiger charge is 2.37. The van der Waals surface area contributed by atoms with Gasteiger partial charge in [-0.15, -0.1) is 0 Å². The molecule has 5 nitrogen and oxygen atoms in total. The van der Waals surface area contributed by atoms with Crippen molar-refractivity contribution in [3.63, 3.8) is 0 Å². The van der Waals surface area contributed by atoms with E-state index in [0.717, 1.165) is 28.1 Å². The van der Waals surface area contributed by atoms with Crippen LogP contribution in [0.5, 0.6) is 0 Å². The summed E-state index contributed by atoms with van der Waals surface area (Å²) in [4.78, 5) is 20.3. The second-order valence-electron chi connectivity index (χ2n) is 7.03. The SMILES string of the molecule is CC1(C)CNC(=O)c2c1[nH]c(-c1ccnc(N)c1)c2-c1ccccc1. The molecule has 0 unspecified atom stereocenters. The monoisotopic (exact) mass is 332 g/mol. The van der Waals surface area contributed by atoms with E-state index in [-0.39, 0.29) is 11.3 Å². The van der Waals surface area contributed by atoms with E-state index >= 15 is 0 Å². The lowest BCUT2D eigenvalue weighted by Gasteiger charge is -2.30. The molecule has 1 amide bonds. The van der Waals surface area contributed by atoms with Gasteiger partial charge in [-0.05, 0) is 17.7 Å². The molecule has 3 aromatic rings. The Bertz CT molecular complexity index is 957. The summed E-state index contributed by atoms with van der Waals surface area (Å²) in [5.74, 6) is 0.408. The van der Waals surface area contributed by atoms with E-state index in [4.69, 9.17) is 5.73 Å². The van der Waals surface area contributed by atoms with Crippen LogP contribution in [0.25, 0.3) is 22.4 Å². The highest BCUT2D eigenvalue weighted by atomic mass is 16.1. The van der Waals surface area contributed by atoms with Crippen molar-refractivity contribution in [2.45, 2.75) is 19.3 Å². The van der Waals surface area contributed by atoms with Crippen molar-refractivity contribution in [3.8, 4) is 22.4 Å². The number of nitrogens with one attached hydrogen (secondary N) is 2. The zero-order valence-electron chi connectivity index (χ0n) is 14.3. The fraction of sp³-hybridized carbons (Fsp3) is 0.200. The molecule has 1 aliphatic heterocycles. The van der Waals surface area contributed by atoms with Gasteiger partial charge in [0.05, 0.1) is 11.3 Å². The maximum atomic E-state index is 12.7. The number of fused-ring (bicyclic) bond motifs is 1. The number of carbonyl (C=O) groups excluding carboxylic acids is 1. The van der Waals surface area contributed by atoms with Gasteiger partial charge >= 0.3 is 0 Å². The third-order valence-corrected chi connectivity index (χ3v) is 4.73. The summed E-state index contributed by atoms with van der Waals surface area (Å²) in [6.07, 6.45) is 1.69. The van der Waals surface area contributed by atoms with E-state index in [0.29, 0.717) is 17.9 Å². The predicted molar refractivity (Wildman–Crippen MR) is 99.2 cm³/mol. The van der Waals surface area contributed by atoms with Crippen molar-refractivity contribution in [1.82, 2.24) is 15.3 Å². The van der Waals surface area contributed by atoms with Crippen molar-refractivity contribution in [2.24, 2.45) is 0 Å². The summed E-state index contributed by atoms with van der Waals surface area (Å²) in [6, 6.07) is 13.7. The maximum absolute atomic E-state index is 12.7. The molecule has 2 aromatic heterocycles. The van der Waals surface area contributed by atoms with Gasteiger partial charge in [-0.25, -0.2) is 4.98 Å². The van der Waals surface area contributed by atoms with Crippen LogP contribution in [0.2, 0.25) is 0 Å². The van der Waals surface area contributed by atoms with Gasteiger partial charge in [-0.2, -0.15) is 0 Å². The summed E-state index contributed by atoms with van der Waals surface area (Å²) in [5.41, 5.74) is 11.1. The zero-order valence-corrected chi connectivity index (χ0v) is 14.3. The fourth-order valence-electron chi connectivity index (χ4n) is 3.43. The first-order chi connectivity index (χ1) is 12.0. The van der Waals surface area contributed by atoms with E-state index in [1.165, 1.54) is 0 Å². The molecule has 3 heterocycles. The molecular weight excluding hydrogens is 312 g/mol. The molecule has 5 heteroatoms. The first-order valence-electron chi connectivity index (χ1n) is 8.29. The van der Waals surface area contributed by atoms with E-state index in [2.05, 4.69) is 29.1 Å². The normalized spacial score (nSPS) is 15.5. The number of pyridine rings is 1.